The summed E-state index contributed by atoms with van der Waals surface area (Å²) in [5.41, 5.74) is 3.45. The summed E-state index contributed by atoms with van der Waals surface area (Å²) in [5.74, 6) is 0.772. The van der Waals surface area contributed by atoms with Crippen molar-refractivity contribution in [3.63, 3.8) is 0 Å². The summed E-state index contributed by atoms with van der Waals surface area (Å²) in [6, 6.07) is 6.94. The van der Waals surface area contributed by atoms with Crippen molar-refractivity contribution in [1.29, 1.82) is 0 Å². The Morgan fingerprint density at radius 3 is 1.83 bits per heavy atom. The molecule has 1 saturated heterocycles. The molecule has 1 fully saturated rings. The monoisotopic (exact) mass is 331 g/mol. The Labute approximate surface area is 147 Å². The highest BCUT2D eigenvalue weighted by molar-refractivity contribution is 5.91. The van der Waals surface area contributed by atoms with Gasteiger partial charge in [-0.3, -0.25) is 4.90 Å². The topological polar surface area (TPSA) is 35.6 Å². The number of urea groups is 1. The van der Waals surface area contributed by atoms with Crippen LogP contribution in [0.5, 0.6) is 0 Å². The Kier molecular flexibility index (Phi) is 6.27. The maximum absolute atomic E-state index is 12.8. The van der Waals surface area contributed by atoms with Gasteiger partial charge in [-0.1, -0.05) is 45.9 Å². The highest BCUT2D eigenvalue weighted by Crippen LogP contribution is 2.32. The SMILES string of the molecule is CC(C)c1cccc(C(C)C)c1NC(=O)N1CCN(C(C)C)CC1. The van der Waals surface area contributed by atoms with Gasteiger partial charge in [0.1, 0.15) is 0 Å². The van der Waals surface area contributed by atoms with Gasteiger partial charge in [-0.25, -0.2) is 4.79 Å². The summed E-state index contributed by atoms with van der Waals surface area (Å²) in [6.07, 6.45) is 0. The fraction of sp³-hybridized carbons (Fsp3) is 0.650. The number of hydrogen-bond acceptors (Lipinski definition) is 2. The standard InChI is InChI=1S/C20H33N3O/c1-14(2)17-8-7-9-18(15(3)4)19(17)21-20(24)23-12-10-22(11-13-23)16(5)6/h7-9,14-16H,10-13H2,1-6H3,(H,21,24). The molecule has 0 aliphatic carbocycles. The Balaban J connectivity index is 2.14. The fourth-order valence-electron chi connectivity index (χ4n) is 3.32. The lowest BCUT2D eigenvalue weighted by Crippen LogP contribution is -2.51. The average molecular weight is 332 g/mol. The molecule has 1 aromatic carbocycles. The van der Waals surface area contributed by atoms with Gasteiger partial charge in [0.05, 0.1) is 0 Å². The molecule has 1 aliphatic rings. The van der Waals surface area contributed by atoms with Crippen LogP contribution in [-0.2, 0) is 0 Å². The van der Waals surface area contributed by atoms with Crippen LogP contribution >= 0.6 is 0 Å². The first-order chi connectivity index (χ1) is 11.3. The number of anilines is 1. The molecule has 2 rings (SSSR count). The third-order valence-corrected chi connectivity index (χ3v) is 4.94. The third kappa shape index (κ3) is 4.29. The molecule has 24 heavy (non-hydrogen) atoms. The molecule has 4 nitrogen and oxygen atoms in total. The van der Waals surface area contributed by atoms with Crippen LogP contribution in [0.3, 0.4) is 0 Å². The van der Waals surface area contributed by atoms with Crippen LogP contribution in [0.4, 0.5) is 10.5 Å². The van der Waals surface area contributed by atoms with Gasteiger partial charge >= 0.3 is 6.03 Å². The lowest BCUT2D eigenvalue weighted by molar-refractivity contribution is 0.125. The van der Waals surface area contributed by atoms with E-state index in [0.717, 1.165) is 31.9 Å². The van der Waals surface area contributed by atoms with E-state index in [0.29, 0.717) is 17.9 Å². The predicted octanol–water partition coefficient (Wildman–Crippen LogP) is 4.49. The number of piperazine rings is 1. The molecule has 134 valence electrons. The first-order valence-corrected chi connectivity index (χ1v) is 9.24. The number of nitrogens with zero attached hydrogens (tertiary/aromatic N) is 2. The van der Waals surface area contributed by atoms with Crippen molar-refractivity contribution in [2.24, 2.45) is 0 Å². The molecule has 0 unspecified atom stereocenters. The van der Waals surface area contributed by atoms with Crippen molar-refractivity contribution < 1.29 is 4.79 Å². The van der Waals surface area contributed by atoms with E-state index in [1.165, 1.54) is 11.1 Å². The maximum Gasteiger partial charge on any atom is 0.321 e. The Morgan fingerprint density at radius 2 is 1.42 bits per heavy atom. The molecular weight excluding hydrogens is 298 g/mol. The van der Waals surface area contributed by atoms with Crippen molar-refractivity contribution >= 4 is 11.7 Å². The minimum absolute atomic E-state index is 0.0356. The highest BCUT2D eigenvalue weighted by atomic mass is 16.2. The van der Waals surface area contributed by atoms with E-state index in [1.807, 2.05) is 4.90 Å². The van der Waals surface area contributed by atoms with Crippen LogP contribution in [-0.4, -0.2) is 48.1 Å². The fourth-order valence-corrected chi connectivity index (χ4v) is 3.32. The van der Waals surface area contributed by atoms with Gasteiger partial charge in [-0.05, 0) is 36.8 Å². The number of amides is 2. The molecule has 0 aromatic heterocycles. The molecule has 0 saturated carbocycles. The highest BCUT2D eigenvalue weighted by Gasteiger charge is 2.24. The van der Waals surface area contributed by atoms with Gasteiger partial charge < -0.3 is 10.2 Å². The van der Waals surface area contributed by atoms with Crippen LogP contribution in [0.15, 0.2) is 18.2 Å². The van der Waals surface area contributed by atoms with Gasteiger partial charge in [0.25, 0.3) is 0 Å². The Bertz CT molecular complexity index is 532. The predicted molar refractivity (Wildman–Crippen MR) is 102 cm³/mol. The van der Waals surface area contributed by atoms with E-state index in [4.69, 9.17) is 0 Å². The molecule has 1 aliphatic heterocycles. The van der Waals surface area contributed by atoms with Crippen molar-refractivity contribution in [2.45, 2.75) is 59.4 Å². The number of carbonyl (C=O) groups is 1. The first kappa shape index (κ1) is 18.8. The normalized spacial score (nSPS) is 16.3. The van der Waals surface area contributed by atoms with Gasteiger partial charge in [0, 0.05) is 37.9 Å². The van der Waals surface area contributed by atoms with Crippen LogP contribution < -0.4 is 5.32 Å². The van der Waals surface area contributed by atoms with Gasteiger partial charge in [-0.15, -0.1) is 0 Å². The number of nitrogens with one attached hydrogen (secondary N) is 1. The van der Waals surface area contributed by atoms with E-state index in [9.17, 15) is 4.79 Å². The van der Waals surface area contributed by atoms with Crippen LogP contribution in [0.25, 0.3) is 0 Å². The first-order valence-electron chi connectivity index (χ1n) is 9.24. The molecule has 1 heterocycles. The number of para-hydroxylation sites is 1. The second-order valence-corrected chi connectivity index (χ2v) is 7.67. The minimum atomic E-state index is 0.0356. The lowest BCUT2D eigenvalue weighted by atomic mass is 9.93. The summed E-state index contributed by atoms with van der Waals surface area (Å²) in [7, 11) is 0. The summed E-state index contributed by atoms with van der Waals surface area (Å²) < 4.78 is 0. The van der Waals surface area contributed by atoms with E-state index < -0.39 is 0 Å². The molecule has 1 N–H and O–H groups in total. The van der Waals surface area contributed by atoms with Crippen molar-refractivity contribution in [1.82, 2.24) is 9.80 Å². The second kappa shape index (κ2) is 8.02. The van der Waals surface area contributed by atoms with Crippen LogP contribution in [0.1, 0.15) is 64.5 Å². The molecule has 0 bridgehead atoms. The average Bonchev–Trinajstić information content (AvgIpc) is 2.54. The Morgan fingerprint density at radius 1 is 0.917 bits per heavy atom. The van der Waals surface area contributed by atoms with Crippen molar-refractivity contribution in [3.05, 3.63) is 29.3 Å². The quantitative estimate of drug-likeness (QED) is 0.882. The van der Waals surface area contributed by atoms with Gasteiger partial charge in [0.2, 0.25) is 0 Å². The molecule has 0 radical (unpaired) electrons. The molecule has 2 amide bonds. The maximum atomic E-state index is 12.8. The summed E-state index contributed by atoms with van der Waals surface area (Å²) in [6.45, 7) is 16.6. The third-order valence-electron chi connectivity index (χ3n) is 4.94. The second-order valence-electron chi connectivity index (χ2n) is 7.67. The zero-order valence-electron chi connectivity index (χ0n) is 16.1. The molecule has 0 atom stereocenters. The number of rotatable bonds is 4. The van der Waals surface area contributed by atoms with E-state index in [2.05, 4.69) is 70.0 Å². The Hall–Kier alpha value is -1.55. The van der Waals surface area contributed by atoms with E-state index >= 15 is 0 Å². The van der Waals surface area contributed by atoms with Crippen molar-refractivity contribution in [3.8, 4) is 0 Å². The van der Waals surface area contributed by atoms with Crippen molar-refractivity contribution in [2.75, 3.05) is 31.5 Å². The zero-order valence-corrected chi connectivity index (χ0v) is 16.1. The van der Waals surface area contributed by atoms with Crippen LogP contribution in [0, 0.1) is 0 Å². The molecule has 0 spiro atoms. The molecule has 4 heteroatoms. The number of carbonyl (C=O) groups excluding carboxylic acids is 1. The number of hydrogen-bond donors (Lipinski definition) is 1. The summed E-state index contributed by atoms with van der Waals surface area (Å²) in [4.78, 5) is 17.2. The summed E-state index contributed by atoms with van der Waals surface area (Å²) in [5, 5.41) is 3.22. The largest absolute Gasteiger partial charge is 0.322 e. The number of benzene rings is 1. The molecule has 1 aromatic rings. The van der Waals surface area contributed by atoms with E-state index in [-0.39, 0.29) is 6.03 Å². The lowest BCUT2D eigenvalue weighted by Gasteiger charge is -2.37. The minimum Gasteiger partial charge on any atom is -0.322 e. The van der Waals surface area contributed by atoms with E-state index in [1.54, 1.807) is 0 Å². The smallest absolute Gasteiger partial charge is 0.321 e. The van der Waals surface area contributed by atoms with Crippen LogP contribution in [0.2, 0.25) is 0 Å². The van der Waals surface area contributed by atoms with Gasteiger partial charge in [0.15, 0.2) is 0 Å². The summed E-state index contributed by atoms with van der Waals surface area (Å²) >= 11 is 0. The zero-order chi connectivity index (χ0) is 17.9. The van der Waals surface area contributed by atoms with Gasteiger partial charge in [-0.2, -0.15) is 0 Å². The molecular formula is C20H33N3O.